The number of fused-ring (bicyclic) bond motifs is 1. The molecule has 6 nitrogen and oxygen atoms in total. The third-order valence-corrected chi connectivity index (χ3v) is 6.25. The van der Waals surface area contributed by atoms with Gasteiger partial charge in [-0.1, -0.05) is 42.5 Å². The van der Waals surface area contributed by atoms with Crippen molar-refractivity contribution in [3.63, 3.8) is 0 Å². The van der Waals surface area contributed by atoms with Crippen LogP contribution in [0.3, 0.4) is 0 Å². The third-order valence-electron chi connectivity index (χ3n) is 6.25. The predicted octanol–water partition coefficient (Wildman–Crippen LogP) is 3.97. The van der Waals surface area contributed by atoms with Gasteiger partial charge in [-0.25, -0.2) is 0 Å². The minimum absolute atomic E-state index is 0.0570. The van der Waals surface area contributed by atoms with Gasteiger partial charge in [0.15, 0.2) is 0 Å². The molecule has 1 heterocycles. The van der Waals surface area contributed by atoms with Crippen LogP contribution in [0, 0.1) is 0 Å². The third kappa shape index (κ3) is 5.95. The number of aliphatic hydroxyl groups excluding tert-OH is 2. The maximum atomic E-state index is 10.6. The Hall–Kier alpha value is -1.80. The fourth-order valence-electron chi connectivity index (χ4n) is 4.44. The van der Waals surface area contributed by atoms with Crippen LogP contribution in [0.15, 0.2) is 55.1 Å². The molecule has 1 fully saturated rings. The van der Waals surface area contributed by atoms with E-state index in [1.54, 1.807) is 7.11 Å². The summed E-state index contributed by atoms with van der Waals surface area (Å²) < 4.78 is 23.9. The van der Waals surface area contributed by atoms with Crippen LogP contribution in [0.4, 0.5) is 0 Å². The Kier molecular flexibility index (Phi) is 9.22. The molecule has 0 unspecified atom stereocenters. The lowest BCUT2D eigenvalue weighted by molar-refractivity contribution is -0.282. The molecule has 176 valence electrons. The van der Waals surface area contributed by atoms with E-state index in [1.807, 2.05) is 25.1 Å². The molecule has 3 rings (SSSR count). The van der Waals surface area contributed by atoms with Crippen LogP contribution in [0.5, 0.6) is 0 Å². The number of benzene rings is 2. The molecule has 0 aromatic heterocycles. The molecule has 0 amide bonds. The zero-order valence-corrected chi connectivity index (χ0v) is 19.1. The highest BCUT2D eigenvalue weighted by Gasteiger charge is 2.51. The van der Waals surface area contributed by atoms with Crippen molar-refractivity contribution in [1.82, 2.24) is 0 Å². The van der Waals surface area contributed by atoms with Crippen molar-refractivity contribution in [1.29, 1.82) is 0 Å². The molecule has 5 atom stereocenters. The second kappa shape index (κ2) is 11.9. The number of hydrogen-bond acceptors (Lipinski definition) is 6. The summed E-state index contributed by atoms with van der Waals surface area (Å²) in [4.78, 5) is 0. The fraction of sp³-hybridized carbons (Fsp3) is 0.538. The van der Waals surface area contributed by atoms with E-state index >= 15 is 0 Å². The van der Waals surface area contributed by atoms with Crippen molar-refractivity contribution in [2.24, 2.45) is 0 Å². The van der Waals surface area contributed by atoms with Gasteiger partial charge in [0.05, 0.1) is 31.0 Å². The molecular formula is C26H36O6. The van der Waals surface area contributed by atoms with Gasteiger partial charge in [-0.3, -0.25) is 0 Å². The molecule has 0 saturated carbocycles. The first kappa shape index (κ1) is 24.8. The zero-order chi connectivity index (χ0) is 23.0. The van der Waals surface area contributed by atoms with E-state index in [4.69, 9.17) is 18.9 Å². The van der Waals surface area contributed by atoms with Crippen LogP contribution in [-0.2, 0) is 25.6 Å². The van der Waals surface area contributed by atoms with E-state index in [0.29, 0.717) is 32.3 Å². The lowest BCUT2D eigenvalue weighted by Gasteiger charge is -2.50. The molecule has 0 spiro atoms. The number of methoxy groups -OCH3 is 1. The molecule has 2 aromatic carbocycles. The van der Waals surface area contributed by atoms with E-state index < -0.39 is 23.9 Å². The number of hydrogen-bond donors (Lipinski definition) is 2. The topological polar surface area (TPSA) is 77.4 Å². The maximum Gasteiger partial charge on any atom is 0.146 e. The summed E-state index contributed by atoms with van der Waals surface area (Å²) in [5.74, 6) is 0. The first-order chi connectivity index (χ1) is 15.5. The van der Waals surface area contributed by atoms with Gasteiger partial charge in [-0.15, -0.1) is 6.58 Å². The van der Waals surface area contributed by atoms with E-state index in [1.165, 1.54) is 10.8 Å². The second-order valence-electron chi connectivity index (χ2n) is 8.58. The van der Waals surface area contributed by atoms with Gasteiger partial charge in [-0.2, -0.15) is 0 Å². The molecule has 0 radical (unpaired) electrons. The van der Waals surface area contributed by atoms with Crippen LogP contribution in [0.2, 0.25) is 0 Å². The molecule has 2 aromatic rings. The van der Waals surface area contributed by atoms with Crippen LogP contribution < -0.4 is 0 Å². The Balaban J connectivity index is 1.80. The summed E-state index contributed by atoms with van der Waals surface area (Å²) in [5.41, 5.74) is 0.256. The van der Waals surface area contributed by atoms with Crippen molar-refractivity contribution >= 4 is 10.8 Å². The van der Waals surface area contributed by atoms with Gasteiger partial charge in [0, 0.05) is 20.1 Å². The Bertz CT molecular complexity index is 855. The lowest BCUT2D eigenvalue weighted by atomic mass is 9.82. The van der Waals surface area contributed by atoms with Gasteiger partial charge in [-0.05, 0) is 48.6 Å². The summed E-state index contributed by atoms with van der Waals surface area (Å²) in [5, 5.41) is 22.2. The molecule has 32 heavy (non-hydrogen) atoms. The van der Waals surface area contributed by atoms with Crippen molar-refractivity contribution in [3.05, 3.63) is 60.7 Å². The van der Waals surface area contributed by atoms with E-state index in [2.05, 4.69) is 36.9 Å². The number of rotatable bonds is 12. The average molecular weight is 445 g/mol. The first-order valence-corrected chi connectivity index (χ1v) is 11.3. The quantitative estimate of drug-likeness (QED) is 0.381. The van der Waals surface area contributed by atoms with Crippen molar-refractivity contribution in [3.8, 4) is 0 Å². The normalized spacial score (nSPS) is 26.8. The van der Waals surface area contributed by atoms with Crippen LogP contribution in [0.1, 0.15) is 38.2 Å². The van der Waals surface area contributed by atoms with E-state index in [-0.39, 0.29) is 19.5 Å². The summed E-state index contributed by atoms with van der Waals surface area (Å²) in [6.45, 7) is 6.46. The van der Waals surface area contributed by atoms with E-state index in [9.17, 15) is 10.2 Å². The highest BCUT2D eigenvalue weighted by Crippen LogP contribution is 2.38. The SMILES string of the molecule is C=CC[C@H](OCc1ccc2ccccc2c1)[C@]1(C)O[C@H](CCCO)[C@@H](O)C[C@H]1OCOC. The van der Waals surface area contributed by atoms with Gasteiger partial charge in [0.1, 0.15) is 12.4 Å². The largest absolute Gasteiger partial charge is 0.396 e. The minimum atomic E-state index is -0.817. The summed E-state index contributed by atoms with van der Waals surface area (Å²) in [6, 6.07) is 14.5. The lowest BCUT2D eigenvalue weighted by Crippen LogP contribution is -2.61. The average Bonchev–Trinajstić information content (AvgIpc) is 2.81. The molecule has 2 N–H and O–H groups in total. The standard InChI is InChI=1S/C26H36O6/c1-4-8-24(30-17-19-12-13-20-9-5-6-10-21(20)15-19)26(2)25(31-18-29-3)16-22(28)23(32-26)11-7-14-27/h4-6,9-10,12-13,15,22-25,27-28H,1,7-8,11,14,16-18H2,2-3H3/t22-,23+,24-,25+,26-/m0/s1. The van der Waals surface area contributed by atoms with Gasteiger partial charge in [0.2, 0.25) is 0 Å². The van der Waals surface area contributed by atoms with Gasteiger partial charge < -0.3 is 29.2 Å². The van der Waals surface area contributed by atoms with Crippen LogP contribution in [-0.4, -0.2) is 60.7 Å². The smallest absolute Gasteiger partial charge is 0.146 e. The predicted molar refractivity (Wildman–Crippen MR) is 124 cm³/mol. The Morgan fingerprint density at radius 1 is 1.25 bits per heavy atom. The van der Waals surface area contributed by atoms with Crippen LogP contribution in [0.25, 0.3) is 10.8 Å². The van der Waals surface area contributed by atoms with Crippen molar-refractivity contribution in [2.45, 2.75) is 69.2 Å². The van der Waals surface area contributed by atoms with Gasteiger partial charge in [0.25, 0.3) is 0 Å². The Labute approximate surface area is 190 Å². The molecule has 1 aliphatic heterocycles. The molecular weight excluding hydrogens is 408 g/mol. The highest BCUT2D eigenvalue weighted by molar-refractivity contribution is 5.82. The number of aliphatic hydroxyl groups is 2. The Morgan fingerprint density at radius 3 is 2.75 bits per heavy atom. The monoisotopic (exact) mass is 444 g/mol. The zero-order valence-electron chi connectivity index (χ0n) is 19.1. The summed E-state index contributed by atoms with van der Waals surface area (Å²) >= 11 is 0. The van der Waals surface area contributed by atoms with Gasteiger partial charge >= 0.3 is 0 Å². The fourth-order valence-corrected chi connectivity index (χ4v) is 4.44. The van der Waals surface area contributed by atoms with Crippen LogP contribution >= 0.6 is 0 Å². The Morgan fingerprint density at radius 2 is 2.03 bits per heavy atom. The second-order valence-corrected chi connectivity index (χ2v) is 8.58. The summed E-state index contributed by atoms with van der Waals surface area (Å²) in [6.07, 6.45) is 2.10. The highest BCUT2D eigenvalue weighted by atomic mass is 16.7. The molecule has 6 heteroatoms. The minimum Gasteiger partial charge on any atom is -0.396 e. The first-order valence-electron chi connectivity index (χ1n) is 11.3. The number of ether oxygens (including phenoxy) is 4. The molecule has 0 aliphatic carbocycles. The molecule has 1 saturated heterocycles. The van der Waals surface area contributed by atoms with Crippen molar-refractivity contribution in [2.75, 3.05) is 20.5 Å². The summed E-state index contributed by atoms with van der Waals surface area (Å²) in [7, 11) is 1.57. The van der Waals surface area contributed by atoms with Crippen molar-refractivity contribution < 1.29 is 29.2 Å². The molecule has 0 bridgehead atoms. The maximum absolute atomic E-state index is 10.6. The van der Waals surface area contributed by atoms with E-state index in [0.717, 1.165) is 5.56 Å². The molecule has 1 aliphatic rings.